The molecule has 0 spiro atoms. The summed E-state index contributed by atoms with van der Waals surface area (Å²) in [6.45, 7) is 4.47. The largest absolute Gasteiger partial charge is 0.477 e. The van der Waals surface area contributed by atoms with Gasteiger partial charge in [-0.2, -0.15) is 0 Å². The van der Waals surface area contributed by atoms with Crippen molar-refractivity contribution in [1.29, 1.82) is 0 Å². The topological polar surface area (TPSA) is 88.0 Å². The maximum absolute atomic E-state index is 11.9. The van der Waals surface area contributed by atoms with Gasteiger partial charge in [-0.25, -0.2) is 4.79 Å². The van der Waals surface area contributed by atoms with Crippen LogP contribution in [-0.4, -0.2) is 34.8 Å². The molecule has 1 saturated carbocycles. The maximum atomic E-state index is 11.9. The Hall–Kier alpha value is -1.59. The van der Waals surface area contributed by atoms with Gasteiger partial charge in [0.05, 0.1) is 0 Å². The summed E-state index contributed by atoms with van der Waals surface area (Å²) in [7, 11) is 0. The minimum atomic E-state index is -1.13. The summed E-state index contributed by atoms with van der Waals surface area (Å²) in [5, 5.41) is 15.1. The lowest BCUT2D eigenvalue weighted by Crippen LogP contribution is -2.44. The summed E-state index contributed by atoms with van der Waals surface area (Å²) < 4.78 is 0. The summed E-state index contributed by atoms with van der Waals surface area (Å²) in [6.07, 6.45) is 3.33. The molecule has 0 radical (unpaired) electrons. The molecule has 1 aliphatic heterocycles. The van der Waals surface area contributed by atoms with Crippen molar-refractivity contribution in [1.82, 2.24) is 5.32 Å². The lowest BCUT2D eigenvalue weighted by molar-refractivity contribution is -0.132. The zero-order chi connectivity index (χ0) is 14.0. The molecular weight excluding hydrogens is 248 g/mol. The van der Waals surface area contributed by atoms with Crippen molar-refractivity contribution in [2.45, 2.75) is 58.1 Å². The molecule has 2 N–H and O–H groups in total. The molecule has 2 aliphatic rings. The fourth-order valence-electron chi connectivity index (χ4n) is 2.48. The van der Waals surface area contributed by atoms with Crippen LogP contribution in [0.5, 0.6) is 0 Å². The Morgan fingerprint density at radius 1 is 1.37 bits per heavy atom. The van der Waals surface area contributed by atoms with Crippen molar-refractivity contribution in [2.75, 3.05) is 0 Å². The molecule has 6 heteroatoms. The summed E-state index contributed by atoms with van der Waals surface area (Å²) in [6, 6.07) is 0.165. The Morgan fingerprint density at radius 3 is 2.53 bits per heavy atom. The average Bonchev–Trinajstić information content (AvgIpc) is 2.81. The minimum Gasteiger partial charge on any atom is -0.477 e. The van der Waals surface area contributed by atoms with Gasteiger partial charge in [-0.3, -0.25) is 4.79 Å². The fourth-order valence-corrected chi connectivity index (χ4v) is 2.48. The van der Waals surface area contributed by atoms with Gasteiger partial charge in [-0.1, -0.05) is 19.0 Å². The van der Waals surface area contributed by atoms with E-state index in [1.54, 1.807) is 0 Å². The first-order valence-corrected chi connectivity index (χ1v) is 6.64. The standard InChI is InChI=1S/C13H20N2O4/c1-13(2)5-3-8(4-6-13)14-11(16)10-7-9(12(17)18)15-19-10/h8,10H,3-7H2,1-2H3,(H,14,16)(H,17,18). The van der Waals surface area contributed by atoms with Crippen molar-refractivity contribution in [2.24, 2.45) is 10.6 Å². The van der Waals surface area contributed by atoms with E-state index in [0.29, 0.717) is 5.41 Å². The molecule has 0 aromatic rings. The minimum absolute atomic E-state index is 0.0411. The maximum Gasteiger partial charge on any atom is 0.353 e. The van der Waals surface area contributed by atoms with Crippen LogP contribution in [0.1, 0.15) is 46.0 Å². The van der Waals surface area contributed by atoms with Gasteiger partial charge in [-0.05, 0) is 31.1 Å². The van der Waals surface area contributed by atoms with E-state index in [1.807, 2.05) is 0 Å². The van der Waals surface area contributed by atoms with Crippen LogP contribution in [0.25, 0.3) is 0 Å². The molecule has 1 amide bonds. The predicted octanol–water partition coefficient (Wildman–Crippen LogP) is 1.30. The van der Waals surface area contributed by atoms with Gasteiger partial charge in [0.15, 0.2) is 5.71 Å². The Bertz CT molecular complexity index is 407. The summed E-state index contributed by atoms with van der Waals surface area (Å²) in [5.74, 6) is -1.39. The van der Waals surface area contributed by atoms with Crippen LogP contribution in [0.3, 0.4) is 0 Å². The van der Waals surface area contributed by atoms with Crippen LogP contribution < -0.4 is 5.32 Å². The summed E-state index contributed by atoms with van der Waals surface area (Å²) in [5.41, 5.74) is 0.259. The third-order valence-corrected chi connectivity index (χ3v) is 3.89. The average molecular weight is 268 g/mol. The first-order valence-electron chi connectivity index (χ1n) is 6.64. The Labute approximate surface area is 112 Å². The summed E-state index contributed by atoms with van der Waals surface area (Å²) >= 11 is 0. The normalized spacial score (nSPS) is 26.4. The molecule has 1 atom stereocenters. The number of nitrogens with zero attached hydrogens (tertiary/aromatic N) is 1. The van der Waals surface area contributed by atoms with Crippen LogP contribution >= 0.6 is 0 Å². The van der Waals surface area contributed by atoms with Gasteiger partial charge >= 0.3 is 5.97 Å². The van der Waals surface area contributed by atoms with Crippen LogP contribution in [0.15, 0.2) is 5.16 Å². The van der Waals surface area contributed by atoms with Crippen LogP contribution in [0.4, 0.5) is 0 Å². The number of oxime groups is 1. The third-order valence-electron chi connectivity index (χ3n) is 3.89. The van der Waals surface area contributed by atoms with E-state index in [0.717, 1.165) is 25.7 Å². The number of nitrogens with one attached hydrogen (secondary N) is 1. The fraction of sp³-hybridized carbons (Fsp3) is 0.769. The molecule has 0 aromatic heterocycles. The van der Waals surface area contributed by atoms with Crippen LogP contribution in [-0.2, 0) is 14.4 Å². The molecule has 0 saturated heterocycles. The van der Waals surface area contributed by atoms with Crippen molar-refractivity contribution in [3.8, 4) is 0 Å². The molecule has 1 unspecified atom stereocenters. The quantitative estimate of drug-likeness (QED) is 0.807. The van der Waals surface area contributed by atoms with E-state index in [1.165, 1.54) is 0 Å². The number of carbonyl (C=O) groups excluding carboxylic acids is 1. The van der Waals surface area contributed by atoms with Crippen molar-refractivity contribution >= 4 is 17.6 Å². The molecule has 1 aliphatic carbocycles. The molecule has 0 aromatic carbocycles. The Balaban J connectivity index is 1.79. The van der Waals surface area contributed by atoms with E-state index in [9.17, 15) is 9.59 Å². The molecule has 2 rings (SSSR count). The Morgan fingerprint density at radius 2 is 2.00 bits per heavy atom. The van der Waals surface area contributed by atoms with Crippen LogP contribution in [0.2, 0.25) is 0 Å². The first kappa shape index (κ1) is 13.8. The second-order valence-corrected chi connectivity index (χ2v) is 6.09. The summed E-state index contributed by atoms with van der Waals surface area (Å²) in [4.78, 5) is 27.5. The number of carboxylic acids is 1. The number of carboxylic acid groups (broad SMARTS) is 1. The van der Waals surface area contributed by atoms with Crippen molar-refractivity contribution in [3.05, 3.63) is 0 Å². The number of hydrogen-bond donors (Lipinski definition) is 2. The number of carbonyl (C=O) groups is 2. The highest BCUT2D eigenvalue weighted by Crippen LogP contribution is 2.35. The highest BCUT2D eigenvalue weighted by Gasteiger charge is 2.34. The zero-order valence-corrected chi connectivity index (χ0v) is 11.3. The number of amides is 1. The third kappa shape index (κ3) is 3.45. The van der Waals surface area contributed by atoms with Gasteiger partial charge in [0.25, 0.3) is 5.91 Å². The van der Waals surface area contributed by atoms with Crippen molar-refractivity contribution < 1.29 is 19.5 Å². The second-order valence-electron chi connectivity index (χ2n) is 6.09. The van der Waals surface area contributed by atoms with E-state index >= 15 is 0 Å². The number of hydrogen-bond acceptors (Lipinski definition) is 4. The van der Waals surface area contributed by atoms with E-state index < -0.39 is 12.1 Å². The lowest BCUT2D eigenvalue weighted by Gasteiger charge is -2.34. The van der Waals surface area contributed by atoms with E-state index in [-0.39, 0.29) is 24.1 Å². The number of aliphatic carboxylic acids is 1. The highest BCUT2D eigenvalue weighted by atomic mass is 16.6. The van der Waals surface area contributed by atoms with Gasteiger partial charge in [-0.15, -0.1) is 0 Å². The number of rotatable bonds is 3. The highest BCUT2D eigenvalue weighted by molar-refractivity contribution is 6.36. The molecule has 106 valence electrons. The predicted molar refractivity (Wildman–Crippen MR) is 68.7 cm³/mol. The molecule has 19 heavy (non-hydrogen) atoms. The van der Waals surface area contributed by atoms with E-state index in [4.69, 9.17) is 9.94 Å². The molecular formula is C13H20N2O4. The van der Waals surface area contributed by atoms with Gasteiger partial charge in [0.1, 0.15) is 0 Å². The zero-order valence-electron chi connectivity index (χ0n) is 11.3. The molecule has 0 bridgehead atoms. The van der Waals surface area contributed by atoms with Gasteiger partial charge in [0.2, 0.25) is 6.10 Å². The SMILES string of the molecule is CC1(C)CCC(NC(=O)C2CC(C(=O)O)=NO2)CC1. The van der Waals surface area contributed by atoms with Crippen molar-refractivity contribution in [3.63, 3.8) is 0 Å². The van der Waals surface area contributed by atoms with Gasteiger partial charge in [0, 0.05) is 12.5 Å². The monoisotopic (exact) mass is 268 g/mol. The smallest absolute Gasteiger partial charge is 0.353 e. The lowest BCUT2D eigenvalue weighted by atomic mass is 9.75. The van der Waals surface area contributed by atoms with E-state index in [2.05, 4.69) is 24.3 Å². The molecule has 6 nitrogen and oxygen atoms in total. The van der Waals surface area contributed by atoms with Gasteiger partial charge < -0.3 is 15.3 Å². The van der Waals surface area contributed by atoms with Crippen LogP contribution in [0, 0.1) is 5.41 Å². The molecule has 1 fully saturated rings. The Kier molecular flexibility index (Phi) is 3.78. The molecule has 1 heterocycles. The first-order chi connectivity index (χ1) is 8.87. The second kappa shape index (κ2) is 5.19.